The fourth-order valence-electron chi connectivity index (χ4n) is 2.70. The fourth-order valence-corrected chi connectivity index (χ4v) is 2.70. The Morgan fingerprint density at radius 3 is 2.91 bits per heavy atom. The molecule has 1 unspecified atom stereocenters. The summed E-state index contributed by atoms with van der Waals surface area (Å²) >= 11 is 0. The molecule has 1 aliphatic rings. The molecule has 2 aromatic carbocycles. The Balaban J connectivity index is 1.80. The van der Waals surface area contributed by atoms with Crippen molar-refractivity contribution in [2.45, 2.75) is 12.3 Å². The first-order valence-electron chi connectivity index (χ1n) is 7.05. The molecule has 0 spiro atoms. The first-order valence-corrected chi connectivity index (χ1v) is 7.05. The number of fused-ring (bicyclic) bond motifs is 1. The van der Waals surface area contributed by atoms with Crippen LogP contribution in [0.2, 0.25) is 0 Å². The smallest absolute Gasteiger partial charge is 0.327 e. The second kappa shape index (κ2) is 6.01. The number of nitro benzene ring substituents is 1. The summed E-state index contributed by atoms with van der Waals surface area (Å²) in [6, 6.07) is 11.8. The number of anilines is 1. The van der Waals surface area contributed by atoms with Gasteiger partial charge in [0.05, 0.1) is 11.5 Å². The largest absolute Gasteiger partial charge is 0.493 e. The van der Waals surface area contributed by atoms with Gasteiger partial charge in [-0.15, -0.1) is 0 Å². The van der Waals surface area contributed by atoms with E-state index in [-0.39, 0.29) is 11.6 Å². The van der Waals surface area contributed by atoms with Gasteiger partial charge in [-0.1, -0.05) is 24.3 Å². The lowest BCUT2D eigenvalue weighted by molar-refractivity contribution is -0.386. The molecule has 22 heavy (non-hydrogen) atoms. The highest BCUT2D eigenvalue weighted by Crippen LogP contribution is 2.34. The van der Waals surface area contributed by atoms with E-state index in [0.29, 0.717) is 13.2 Å². The van der Waals surface area contributed by atoms with E-state index in [9.17, 15) is 14.5 Å². The van der Waals surface area contributed by atoms with Gasteiger partial charge in [0.2, 0.25) is 5.82 Å². The molecule has 0 amide bonds. The Kier molecular flexibility index (Phi) is 3.91. The fraction of sp³-hybridized carbons (Fsp3) is 0.250. The number of nitro groups is 1. The lowest BCUT2D eigenvalue weighted by atomic mass is 9.93. The summed E-state index contributed by atoms with van der Waals surface area (Å²) in [5.41, 5.74) is 0.761. The average molecular weight is 302 g/mol. The molecule has 1 aliphatic heterocycles. The highest BCUT2D eigenvalue weighted by atomic mass is 19.1. The first-order chi connectivity index (χ1) is 10.7. The van der Waals surface area contributed by atoms with Gasteiger partial charge in [-0.2, -0.15) is 4.39 Å². The summed E-state index contributed by atoms with van der Waals surface area (Å²) in [5.74, 6) is 0.185. The minimum atomic E-state index is -0.831. The predicted octanol–water partition coefficient (Wildman–Crippen LogP) is 3.71. The van der Waals surface area contributed by atoms with E-state index >= 15 is 0 Å². The van der Waals surface area contributed by atoms with Crippen molar-refractivity contribution in [2.75, 3.05) is 18.5 Å². The average Bonchev–Trinajstić information content (AvgIpc) is 2.52. The summed E-state index contributed by atoms with van der Waals surface area (Å²) in [7, 11) is 0. The zero-order chi connectivity index (χ0) is 15.5. The van der Waals surface area contributed by atoms with Crippen molar-refractivity contribution in [3.8, 4) is 5.75 Å². The maximum absolute atomic E-state index is 13.6. The number of para-hydroxylation sites is 2. The van der Waals surface area contributed by atoms with Gasteiger partial charge in [0, 0.05) is 12.5 Å². The van der Waals surface area contributed by atoms with Crippen molar-refractivity contribution in [2.24, 2.45) is 0 Å². The minimum Gasteiger partial charge on any atom is -0.493 e. The summed E-state index contributed by atoms with van der Waals surface area (Å²) in [6.07, 6.45) is 0.813. The van der Waals surface area contributed by atoms with E-state index in [1.807, 2.05) is 24.3 Å². The van der Waals surface area contributed by atoms with Crippen molar-refractivity contribution < 1.29 is 14.1 Å². The molecule has 1 atom stereocenters. The zero-order valence-electron chi connectivity index (χ0n) is 11.8. The maximum atomic E-state index is 13.6. The highest BCUT2D eigenvalue weighted by molar-refractivity contribution is 5.62. The van der Waals surface area contributed by atoms with Crippen molar-refractivity contribution in [1.29, 1.82) is 0 Å². The van der Waals surface area contributed by atoms with Gasteiger partial charge in [-0.3, -0.25) is 10.1 Å². The van der Waals surface area contributed by atoms with E-state index in [2.05, 4.69) is 5.32 Å². The van der Waals surface area contributed by atoms with Gasteiger partial charge in [-0.25, -0.2) is 0 Å². The van der Waals surface area contributed by atoms with Crippen molar-refractivity contribution in [3.05, 3.63) is 64.0 Å². The molecular formula is C16H15FN2O3. The van der Waals surface area contributed by atoms with Gasteiger partial charge in [0.1, 0.15) is 11.4 Å². The minimum absolute atomic E-state index is 0.174. The molecule has 0 bridgehead atoms. The summed E-state index contributed by atoms with van der Waals surface area (Å²) in [6.45, 7) is 1.10. The van der Waals surface area contributed by atoms with Gasteiger partial charge in [0.25, 0.3) is 0 Å². The third kappa shape index (κ3) is 2.72. The third-order valence-corrected chi connectivity index (χ3v) is 3.79. The highest BCUT2D eigenvalue weighted by Gasteiger charge is 2.23. The number of benzene rings is 2. The van der Waals surface area contributed by atoms with E-state index in [1.54, 1.807) is 0 Å². The van der Waals surface area contributed by atoms with Crippen LogP contribution in [-0.2, 0) is 0 Å². The van der Waals surface area contributed by atoms with Crippen LogP contribution in [0.15, 0.2) is 42.5 Å². The Labute approximate surface area is 126 Å². The van der Waals surface area contributed by atoms with Crippen LogP contribution in [-0.4, -0.2) is 18.1 Å². The van der Waals surface area contributed by atoms with Gasteiger partial charge in [0.15, 0.2) is 0 Å². The van der Waals surface area contributed by atoms with Crippen LogP contribution in [0.25, 0.3) is 0 Å². The number of nitrogens with zero attached hydrogens (tertiary/aromatic N) is 1. The molecule has 0 aromatic heterocycles. The monoisotopic (exact) mass is 302 g/mol. The predicted molar refractivity (Wildman–Crippen MR) is 80.8 cm³/mol. The SMILES string of the molecule is O=[N+]([O-])c1c(F)cccc1NCC1CCOc2ccccc21. The van der Waals surface area contributed by atoms with Crippen molar-refractivity contribution >= 4 is 11.4 Å². The molecule has 0 saturated heterocycles. The molecule has 1 heterocycles. The standard InChI is InChI=1S/C16H15FN2O3/c17-13-5-3-6-14(16(13)19(20)21)18-10-11-8-9-22-15-7-2-1-4-12(11)15/h1-7,11,18H,8-10H2. The van der Waals surface area contributed by atoms with Crippen molar-refractivity contribution in [3.63, 3.8) is 0 Å². The van der Waals surface area contributed by atoms with Gasteiger partial charge in [-0.05, 0) is 30.2 Å². The number of nitrogens with one attached hydrogen (secondary N) is 1. The Hall–Kier alpha value is -2.63. The number of ether oxygens (including phenoxy) is 1. The molecule has 5 nitrogen and oxygen atoms in total. The molecule has 1 N–H and O–H groups in total. The van der Waals surface area contributed by atoms with E-state index in [0.717, 1.165) is 23.8 Å². The number of hydrogen-bond acceptors (Lipinski definition) is 4. The molecule has 0 saturated carbocycles. The topological polar surface area (TPSA) is 64.4 Å². The molecule has 0 radical (unpaired) electrons. The van der Waals surface area contributed by atoms with Crippen LogP contribution in [0, 0.1) is 15.9 Å². The second-order valence-corrected chi connectivity index (χ2v) is 5.15. The summed E-state index contributed by atoms with van der Waals surface area (Å²) in [4.78, 5) is 10.3. The van der Waals surface area contributed by atoms with E-state index < -0.39 is 16.4 Å². The first kappa shape index (κ1) is 14.3. The quantitative estimate of drug-likeness (QED) is 0.690. The second-order valence-electron chi connectivity index (χ2n) is 5.15. The third-order valence-electron chi connectivity index (χ3n) is 3.79. The molecule has 114 valence electrons. The maximum Gasteiger partial charge on any atom is 0.327 e. The van der Waals surface area contributed by atoms with E-state index in [1.165, 1.54) is 12.1 Å². The van der Waals surface area contributed by atoms with E-state index in [4.69, 9.17) is 4.74 Å². The van der Waals surface area contributed by atoms with Gasteiger partial charge >= 0.3 is 5.69 Å². The molecule has 0 fully saturated rings. The van der Waals surface area contributed by atoms with Crippen LogP contribution in [0.5, 0.6) is 5.75 Å². The van der Waals surface area contributed by atoms with Crippen LogP contribution in [0.3, 0.4) is 0 Å². The Morgan fingerprint density at radius 1 is 1.27 bits per heavy atom. The normalized spacial score (nSPS) is 16.5. The molecule has 6 heteroatoms. The number of hydrogen-bond donors (Lipinski definition) is 1. The molecule has 2 aromatic rings. The van der Waals surface area contributed by atoms with Crippen LogP contribution < -0.4 is 10.1 Å². The zero-order valence-corrected chi connectivity index (χ0v) is 11.8. The summed E-state index contributed by atoms with van der Waals surface area (Å²) < 4.78 is 19.2. The lowest BCUT2D eigenvalue weighted by Crippen LogP contribution is -2.21. The molecular weight excluding hydrogens is 287 g/mol. The number of halogens is 1. The molecule has 0 aliphatic carbocycles. The van der Waals surface area contributed by atoms with Crippen LogP contribution in [0.1, 0.15) is 17.9 Å². The summed E-state index contributed by atoms with van der Waals surface area (Å²) in [5, 5.41) is 14.0. The molecule has 3 rings (SSSR count). The number of rotatable bonds is 4. The Bertz CT molecular complexity index is 706. The lowest BCUT2D eigenvalue weighted by Gasteiger charge is -2.26. The van der Waals surface area contributed by atoms with Gasteiger partial charge < -0.3 is 10.1 Å². The van der Waals surface area contributed by atoms with Crippen LogP contribution >= 0.6 is 0 Å². The van der Waals surface area contributed by atoms with Crippen molar-refractivity contribution in [1.82, 2.24) is 0 Å². The Morgan fingerprint density at radius 2 is 2.09 bits per heavy atom. The van der Waals surface area contributed by atoms with Crippen LogP contribution in [0.4, 0.5) is 15.8 Å².